The molecule has 28 heavy (non-hydrogen) atoms. The monoisotopic (exact) mass is 398 g/mol. The maximum atomic E-state index is 12.5. The van der Waals surface area contributed by atoms with Gasteiger partial charge in [-0.25, -0.2) is 0 Å². The summed E-state index contributed by atoms with van der Waals surface area (Å²) in [5.41, 5.74) is 0. The van der Waals surface area contributed by atoms with Crippen LogP contribution in [0, 0.1) is 11.8 Å². The molecule has 0 bridgehead atoms. The molecule has 3 N–H and O–H groups in total. The van der Waals surface area contributed by atoms with Crippen molar-refractivity contribution in [3.63, 3.8) is 0 Å². The van der Waals surface area contributed by atoms with Gasteiger partial charge in [0.05, 0.1) is 25.4 Å². The van der Waals surface area contributed by atoms with Gasteiger partial charge in [-0.05, 0) is 19.3 Å². The number of hydrogen-bond donors (Lipinski definition) is 3. The Morgan fingerprint density at radius 3 is 2.64 bits per heavy atom. The fourth-order valence-electron chi connectivity index (χ4n) is 3.90. The van der Waals surface area contributed by atoms with E-state index in [1.54, 1.807) is 6.08 Å². The molecule has 0 spiro atoms. The molecule has 0 aromatic heterocycles. The minimum Gasteiger partial charge on any atom is -0.481 e. The van der Waals surface area contributed by atoms with Crippen molar-refractivity contribution in [3.05, 3.63) is 12.2 Å². The van der Waals surface area contributed by atoms with Crippen LogP contribution in [0.25, 0.3) is 0 Å². The summed E-state index contributed by atoms with van der Waals surface area (Å²) in [4.78, 5) is 23.1. The zero-order valence-electron chi connectivity index (χ0n) is 17.2. The summed E-state index contributed by atoms with van der Waals surface area (Å²) in [7, 11) is 0. The third kappa shape index (κ3) is 9.80. The Morgan fingerprint density at radius 1 is 1.21 bits per heavy atom. The molecule has 0 radical (unpaired) electrons. The lowest BCUT2D eigenvalue weighted by Crippen LogP contribution is -2.23. The number of carboxylic acids is 1. The van der Waals surface area contributed by atoms with Crippen molar-refractivity contribution in [2.45, 2.75) is 89.8 Å². The summed E-state index contributed by atoms with van der Waals surface area (Å²) in [5.74, 6) is -0.776. The third-order valence-electron chi connectivity index (χ3n) is 5.45. The van der Waals surface area contributed by atoms with E-state index in [4.69, 9.17) is 14.9 Å². The number of aliphatic carboxylic acids is 1. The van der Waals surface area contributed by atoms with Crippen LogP contribution in [0.2, 0.25) is 0 Å². The molecule has 0 heterocycles. The maximum absolute atomic E-state index is 12.5. The van der Waals surface area contributed by atoms with Gasteiger partial charge in [-0.1, -0.05) is 57.6 Å². The van der Waals surface area contributed by atoms with Crippen LogP contribution in [0.5, 0.6) is 0 Å². The third-order valence-corrected chi connectivity index (χ3v) is 5.45. The summed E-state index contributed by atoms with van der Waals surface area (Å²) in [5, 5.41) is 27.9. The van der Waals surface area contributed by atoms with Crippen LogP contribution in [-0.2, 0) is 14.3 Å². The van der Waals surface area contributed by atoms with Crippen LogP contribution in [0.15, 0.2) is 12.2 Å². The largest absolute Gasteiger partial charge is 0.481 e. The van der Waals surface area contributed by atoms with Crippen molar-refractivity contribution < 1.29 is 29.6 Å². The van der Waals surface area contributed by atoms with E-state index >= 15 is 0 Å². The molecule has 162 valence electrons. The molecule has 6 heteroatoms. The first kappa shape index (κ1) is 24.8. The van der Waals surface area contributed by atoms with Gasteiger partial charge in [-0.15, -0.1) is 0 Å². The Labute approximate surface area is 169 Å². The van der Waals surface area contributed by atoms with Gasteiger partial charge in [0.15, 0.2) is 0 Å². The summed E-state index contributed by atoms with van der Waals surface area (Å²) in [6, 6.07) is 0. The quantitative estimate of drug-likeness (QED) is 0.272. The first-order chi connectivity index (χ1) is 13.5. The van der Waals surface area contributed by atoms with Crippen molar-refractivity contribution in [1.82, 2.24) is 0 Å². The van der Waals surface area contributed by atoms with Gasteiger partial charge in [0, 0.05) is 24.7 Å². The number of aliphatic hydroxyl groups excluding tert-OH is 2. The van der Waals surface area contributed by atoms with Crippen LogP contribution in [0.3, 0.4) is 0 Å². The summed E-state index contributed by atoms with van der Waals surface area (Å²) >= 11 is 0. The minimum absolute atomic E-state index is 0.0705. The second-order valence-electron chi connectivity index (χ2n) is 7.78. The van der Waals surface area contributed by atoms with Gasteiger partial charge in [0.1, 0.15) is 5.78 Å². The van der Waals surface area contributed by atoms with Crippen LogP contribution >= 0.6 is 0 Å². The average Bonchev–Trinajstić information content (AvgIpc) is 2.95. The molecule has 0 aromatic rings. The van der Waals surface area contributed by atoms with E-state index in [9.17, 15) is 14.7 Å². The number of rotatable bonds is 16. The van der Waals surface area contributed by atoms with Gasteiger partial charge in [-0.3, -0.25) is 9.59 Å². The lowest BCUT2D eigenvalue weighted by atomic mass is 9.88. The normalized spacial score (nSPS) is 23.5. The molecule has 1 aliphatic rings. The highest BCUT2D eigenvalue weighted by atomic mass is 16.5. The molecule has 0 aromatic carbocycles. The van der Waals surface area contributed by atoms with E-state index in [0.29, 0.717) is 12.8 Å². The fraction of sp³-hybridized carbons (Fsp3) is 0.818. The number of hydrogen-bond acceptors (Lipinski definition) is 5. The van der Waals surface area contributed by atoms with Crippen molar-refractivity contribution in [3.8, 4) is 0 Å². The Morgan fingerprint density at radius 2 is 1.96 bits per heavy atom. The maximum Gasteiger partial charge on any atom is 0.303 e. The first-order valence-corrected chi connectivity index (χ1v) is 10.8. The molecule has 0 aliphatic heterocycles. The molecular formula is C22H38O6. The topological polar surface area (TPSA) is 104 Å². The Bertz CT molecular complexity index is 476. The van der Waals surface area contributed by atoms with Gasteiger partial charge in [0.2, 0.25) is 0 Å². The van der Waals surface area contributed by atoms with E-state index in [1.165, 1.54) is 0 Å². The Kier molecular flexibility index (Phi) is 13.0. The summed E-state index contributed by atoms with van der Waals surface area (Å²) in [6.45, 7) is 2.26. The number of Topliss-reactive ketones (excluding diaryl/α,β-unsaturated/α-hetero) is 1. The first-order valence-electron chi connectivity index (χ1n) is 10.8. The Hall–Kier alpha value is -1.24. The molecule has 1 saturated carbocycles. The smallest absolute Gasteiger partial charge is 0.303 e. The van der Waals surface area contributed by atoms with Gasteiger partial charge < -0.3 is 20.1 Å². The molecule has 1 rings (SSSR count). The van der Waals surface area contributed by atoms with Gasteiger partial charge in [-0.2, -0.15) is 0 Å². The Balaban J connectivity index is 2.57. The molecule has 6 nitrogen and oxygen atoms in total. The number of carbonyl (C=O) groups excluding carboxylic acids is 1. The number of ketones is 1. The predicted octanol–water partition coefficient (Wildman–Crippen LogP) is 3.49. The van der Waals surface area contributed by atoms with Crippen LogP contribution in [0.4, 0.5) is 0 Å². The zero-order chi connectivity index (χ0) is 20.8. The zero-order valence-corrected chi connectivity index (χ0v) is 17.2. The van der Waals surface area contributed by atoms with Gasteiger partial charge >= 0.3 is 5.97 Å². The van der Waals surface area contributed by atoms with E-state index in [1.807, 2.05) is 6.08 Å². The average molecular weight is 399 g/mol. The molecule has 0 amide bonds. The molecule has 0 unspecified atom stereocenters. The number of ether oxygens (including phenoxy) is 1. The SMILES string of the molecule is CCCCC[C@H](O)/C=C/[C@H]1[C@H](OCCO)CC(=O)[C@@H]1CCCCCCC(=O)O. The number of aliphatic hydroxyl groups is 2. The van der Waals surface area contributed by atoms with E-state index in [-0.39, 0.29) is 43.4 Å². The standard InChI is InChI=1S/C22H38O6/c1-2-3-6-9-17(24)12-13-19-18(10-7-4-5-8-11-22(26)27)20(25)16-21(19)28-15-14-23/h12-13,17-19,21,23-24H,2-11,14-16H2,1H3,(H,26,27)/b13-12+/t17-,18+,19+,21+/m0/s1. The molecular weight excluding hydrogens is 360 g/mol. The van der Waals surface area contributed by atoms with Crippen LogP contribution in [-0.4, -0.2) is 52.5 Å². The van der Waals surface area contributed by atoms with Gasteiger partial charge in [0.25, 0.3) is 0 Å². The van der Waals surface area contributed by atoms with Crippen molar-refractivity contribution in [1.29, 1.82) is 0 Å². The number of unbranched alkanes of at least 4 members (excludes halogenated alkanes) is 5. The second-order valence-corrected chi connectivity index (χ2v) is 7.78. The molecule has 1 fully saturated rings. The van der Waals surface area contributed by atoms with Crippen LogP contribution < -0.4 is 0 Å². The van der Waals surface area contributed by atoms with E-state index in [2.05, 4.69) is 6.92 Å². The van der Waals surface area contributed by atoms with Crippen molar-refractivity contribution in [2.75, 3.05) is 13.2 Å². The lowest BCUT2D eigenvalue weighted by molar-refractivity contribution is -0.137. The summed E-state index contributed by atoms with van der Waals surface area (Å²) < 4.78 is 5.70. The number of carboxylic acid groups (broad SMARTS) is 1. The summed E-state index contributed by atoms with van der Waals surface area (Å²) in [6.07, 6.45) is 11.5. The molecule has 4 atom stereocenters. The van der Waals surface area contributed by atoms with E-state index in [0.717, 1.165) is 51.4 Å². The molecule has 1 aliphatic carbocycles. The predicted molar refractivity (Wildman–Crippen MR) is 108 cm³/mol. The minimum atomic E-state index is -0.766. The highest BCUT2D eigenvalue weighted by molar-refractivity contribution is 5.84. The molecule has 0 saturated heterocycles. The lowest BCUT2D eigenvalue weighted by Gasteiger charge is -2.21. The van der Waals surface area contributed by atoms with Crippen molar-refractivity contribution >= 4 is 11.8 Å². The highest BCUT2D eigenvalue weighted by Gasteiger charge is 2.41. The van der Waals surface area contributed by atoms with E-state index < -0.39 is 12.1 Å². The second kappa shape index (κ2) is 14.7. The number of carbonyl (C=O) groups is 2. The van der Waals surface area contributed by atoms with Crippen LogP contribution in [0.1, 0.15) is 77.6 Å². The highest BCUT2D eigenvalue weighted by Crippen LogP contribution is 2.36. The van der Waals surface area contributed by atoms with Crippen molar-refractivity contribution in [2.24, 2.45) is 11.8 Å². The fourth-order valence-corrected chi connectivity index (χ4v) is 3.90.